The van der Waals surface area contributed by atoms with E-state index in [2.05, 4.69) is 26.1 Å². The summed E-state index contributed by atoms with van der Waals surface area (Å²) in [7, 11) is 1.76. The zero-order valence-corrected chi connectivity index (χ0v) is 10.8. The molecule has 0 aromatic heterocycles. The lowest BCUT2D eigenvalue weighted by atomic mass is 10.2. The highest BCUT2D eigenvalue weighted by Gasteiger charge is 2.03. The molecule has 0 bridgehead atoms. The number of hydrogen-bond donors (Lipinski definition) is 1. The van der Waals surface area contributed by atoms with Crippen molar-refractivity contribution in [3.63, 3.8) is 0 Å². The van der Waals surface area contributed by atoms with Gasteiger partial charge in [-0.2, -0.15) is 11.8 Å². The molecule has 1 atom stereocenters. The van der Waals surface area contributed by atoms with Crippen LogP contribution in [0.2, 0.25) is 0 Å². The average Bonchev–Trinajstić information content (AvgIpc) is 2.15. The highest BCUT2D eigenvalue weighted by molar-refractivity contribution is 7.99. The van der Waals surface area contributed by atoms with Crippen molar-refractivity contribution in [3.05, 3.63) is 0 Å². The molecule has 0 radical (unpaired) electrons. The van der Waals surface area contributed by atoms with E-state index in [1.54, 1.807) is 7.11 Å². The predicted molar refractivity (Wildman–Crippen MR) is 66.1 cm³/mol. The summed E-state index contributed by atoms with van der Waals surface area (Å²) in [5.74, 6) is 3.28. The molecule has 2 nitrogen and oxygen atoms in total. The van der Waals surface area contributed by atoms with Gasteiger partial charge in [0, 0.05) is 25.4 Å². The fraction of sp³-hybridized carbons (Fsp3) is 1.00. The smallest absolute Gasteiger partial charge is 0.0615 e. The lowest BCUT2D eigenvalue weighted by Crippen LogP contribution is -2.34. The van der Waals surface area contributed by atoms with Crippen molar-refractivity contribution < 1.29 is 4.74 Å². The Kier molecular flexibility index (Phi) is 10.0. The number of methoxy groups -OCH3 is 1. The third-order valence-corrected chi connectivity index (χ3v) is 3.39. The number of rotatable bonds is 9. The summed E-state index contributed by atoms with van der Waals surface area (Å²) in [4.78, 5) is 0. The zero-order chi connectivity index (χ0) is 10.8. The van der Waals surface area contributed by atoms with Gasteiger partial charge in [-0.15, -0.1) is 0 Å². The molecule has 0 rings (SSSR count). The van der Waals surface area contributed by atoms with Gasteiger partial charge < -0.3 is 10.1 Å². The zero-order valence-electron chi connectivity index (χ0n) is 10.0. The summed E-state index contributed by atoms with van der Waals surface area (Å²) in [6.45, 7) is 8.64. The van der Waals surface area contributed by atoms with Crippen LogP contribution < -0.4 is 5.32 Å². The summed E-state index contributed by atoms with van der Waals surface area (Å²) in [5.41, 5.74) is 0. The standard InChI is InChI=1S/C11H25NOS/c1-5-11(8-13-4)12-6-7-14-9-10(2)3/h10-12H,5-9H2,1-4H3. The molecule has 86 valence electrons. The first-order valence-corrected chi connectivity index (χ1v) is 6.66. The minimum Gasteiger partial charge on any atom is -0.383 e. The molecular weight excluding hydrogens is 194 g/mol. The van der Waals surface area contributed by atoms with Crippen LogP contribution in [0.4, 0.5) is 0 Å². The van der Waals surface area contributed by atoms with E-state index < -0.39 is 0 Å². The maximum absolute atomic E-state index is 5.12. The van der Waals surface area contributed by atoms with Crippen LogP contribution in [-0.4, -0.2) is 37.8 Å². The average molecular weight is 219 g/mol. The Morgan fingerprint density at radius 3 is 2.57 bits per heavy atom. The molecule has 1 N–H and O–H groups in total. The molecule has 0 aliphatic heterocycles. The normalized spacial score (nSPS) is 13.5. The third-order valence-electron chi connectivity index (χ3n) is 1.99. The molecule has 0 spiro atoms. The molecule has 0 aliphatic rings. The molecule has 3 heteroatoms. The quantitative estimate of drug-likeness (QED) is 0.602. The molecule has 0 amide bonds. The predicted octanol–water partition coefficient (Wildman–Crippen LogP) is 2.39. The van der Waals surface area contributed by atoms with Crippen LogP contribution in [0.1, 0.15) is 27.2 Å². The Morgan fingerprint density at radius 2 is 2.07 bits per heavy atom. The summed E-state index contributed by atoms with van der Waals surface area (Å²) in [6, 6.07) is 0.527. The van der Waals surface area contributed by atoms with E-state index in [1.165, 1.54) is 11.5 Å². The summed E-state index contributed by atoms with van der Waals surface area (Å²) >= 11 is 2.03. The van der Waals surface area contributed by atoms with Gasteiger partial charge in [0.2, 0.25) is 0 Å². The Morgan fingerprint density at radius 1 is 1.36 bits per heavy atom. The first-order valence-electron chi connectivity index (χ1n) is 5.50. The highest BCUT2D eigenvalue weighted by Crippen LogP contribution is 2.06. The molecule has 0 heterocycles. The van der Waals surface area contributed by atoms with Crippen molar-refractivity contribution in [1.82, 2.24) is 5.32 Å². The van der Waals surface area contributed by atoms with Crippen LogP contribution in [0.15, 0.2) is 0 Å². The molecule has 0 aliphatic carbocycles. The summed E-state index contributed by atoms with van der Waals surface area (Å²) in [5, 5.41) is 3.50. The number of hydrogen-bond acceptors (Lipinski definition) is 3. The van der Waals surface area contributed by atoms with Crippen molar-refractivity contribution in [1.29, 1.82) is 0 Å². The minimum absolute atomic E-state index is 0.527. The van der Waals surface area contributed by atoms with Gasteiger partial charge in [-0.1, -0.05) is 20.8 Å². The second kappa shape index (κ2) is 9.81. The van der Waals surface area contributed by atoms with E-state index in [-0.39, 0.29) is 0 Å². The third kappa shape index (κ3) is 8.85. The molecular formula is C11H25NOS. The van der Waals surface area contributed by atoms with Gasteiger partial charge in [0.15, 0.2) is 0 Å². The van der Waals surface area contributed by atoms with Crippen LogP contribution >= 0.6 is 11.8 Å². The van der Waals surface area contributed by atoms with Gasteiger partial charge in [-0.05, 0) is 18.1 Å². The summed E-state index contributed by atoms with van der Waals surface area (Å²) in [6.07, 6.45) is 1.14. The second-order valence-electron chi connectivity index (χ2n) is 3.98. The lowest BCUT2D eigenvalue weighted by molar-refractivity contribution is 0.165. The Hall–Kier alpha value is 0.270. The van der Waals surface area contributed by atoms with Gasteiger partial charge in [0.05, 0.1) is 6.61 Å². The molecule has 0 saturated carbocycles. The van der Waals surface area contributed by atoms with Gasteiger partial charge in [0.25, 0.3) is 0 Å². The van der Waals surface area contributed by atoms with E-state index in [4.69, 9.17) is 4.74 Å². The first kappa shape index (κ1) is 14.3. The van der Waals surface area contributed by atoms with E-state index in [0.29, 0.717) is 6.04 Å². The fourth-order valence-corrected chi connectivity index (χ4v) is 2.08. The van der Waals surface area contributed by atoms with Crippen molar-refractivity contribution in [2.24, 2.45) is 5.92 Å². The fourth-order valence-electron chi connectivity index (χ4n) is 1.18. The molecule has 1 unspecified atom stereocenters. The van der Waals surface area contributed by atoms with E-state index >= 15 is 0 Å². The maximum atomic E-state index is 5.12. The number of ether oxygens (including phenoxy) is 1. The topological polar surface area (TPSA) is 21.3 Å². The van der Waals surface area contributed by atoms with Gasteiger partial charge in [-0.3, -0.25) is 0 Å². The molecule has 14 heavy (non-hydrogen) atoms. The molecule has 0 saturated heterocycles. The van der Waals surface area contributed by atoms with Gasteiger partial charge in [-0.25, -0.2) is 0 Å². The Balaban J connectivity index is 3.24. The van der Waals surface area contributed by atoms with Gasteiger partial charge in [0.1, 0.15) is 0 Å². The van der Waals surface area contributed by atoms with Crippen LogP contribution in [-0.2, 0) is 4.74 Å². The van der Waals surface area contributed by atoms with Crippen LogP contribution in [0.5, 0.6) is 0 Å². The Bertz CT molecular complexity index is 120. The van der Waals surface area contributed by atoms with E-state index in [0.717, 1.165) is 25.5 Å². The van der Waals surface area contributed by atoms with Crippen molar-refractivity contribution in [3.8, 4) is 0 Å². The summed E-state index contributed by atoms with van der Waals surface area (Å²) < 4.78 is 5.12. The highest BCUT2D eigenvalue weighted by atomic mass is 32.2. The first-order chi connectivity index (χ1) is 6.70. The maximum Gasteiger partial charge on any atom is 0.0615 e. The number of nitrogens with one attached hydrogen (secondary N) is 1. The molecule has 0 aromatic rings. The van der Waals surface area contributed by atoms with Crippen LogP contribution in [0.25, 0.3) is 0 Å². The Labute approximate surface area is 93.2 Å². The van der Waals surface area contributed by atoms with Crippen LogP contribution in [0, 0.1) is 5.92 Å². The SMILES string of the molecule is CCC(COC)NCCSCC(C)C. The monoisotopic (exact) mass is 219 g/mol. The largest absolute Gasteiger partial charge is 0.383 e. The lowest BCUT2D eigenvalue weighted by Gasteiger charge is -2.15. The number of thioether (sulfide) groups is 1. The van der Waals surface area contributed by atoms with Gasteiger partial charge >= 0.3 is 0 Å². The molecule has 0 fully saturated rings. The molecule has 0 aromatic carbocycles. The van der Waals surface area contributed by atoms with Crippen LogP contribution in [0.3, 0.4) is 0 Å². The van der Waals surface area contributed by atoms with E-state index in [1.807, 2.05) is 11.8 Å². The second-order valence-corrected chi connectivity index (χ2v) is 5.13. The van der Waals surface area contributed by atoms with Crippen molar-refractivity contribution in [2.45, 2.75) is 33.2 Å². The van der Waals surface area contributed by atoms with Crippen molar-refractivity contribution >= 4 is 11.8 Å². The van der Waals surface area contributed by atoms with Crippen molar-refractivity contribution in [2.75, 3.05) is 31.8 Å². The van der Waals surface area contributed by atoms with E-state index in [9.17, 15) is 0 Å². The minimum atomic E-state index is 0.527.